The van der Waals surface area contributed by atoms with Crippen molar-refractivity contribution in [3.63, 3.8) is 0 Å². The van der Waals surface area contributed by atoms with E-state index in [4.69, 9.17) is 14.1 Å². The fraction of sp³-hybridized carbons (Fsp3) is 0.706. The van der Waals surface area contributed by atoms with E-state index >= 15 is 0 Å². The van der Waals surface area contributed by atoms with Crippen molar-refractivity contribution in [2.45, 2.75) is 26.7 Å². The van der Waals surface area contributed by atoms with E-state index in [1.54, 1.807) is 13.4 Å². The van der Waals surface area contributed by atoms with Crippen LogP contribution < -0.4 is 5.32 Å². The maximum Gasteiger partial charge on any atom is 0.194 e. The monoisotopic (exact) mass is 435 g/mol. The average molecular weight is 435 g/mol. The van der Waals surface area contributed by atoms with Gasteiger partial charge in [-0.25, -0.2) is 0 Å². The highest BCUT2D eigenvalue weighted by Crippen LogP contribution is 2.20. The van der Waals surface area contributed by atoms with Gasteiger partial charge in [0.1, 0.15) is 5.76 Å². The number of hydrogen-bond donors (Lipinski definition) is 1. The first-order valence-corrected chi connectivity index (χ1v) is 8.23. The molecule has 6 heteroatoms. The predicted octanol–water partition coefficient (Wildman–Crippen LogP) is 3.01. The van der Waals surface area contributed by atoms with E-state index in [-0.39, 0.29) is 24.0 Å². The minimum Gasteiger partial charge on any atom is -0.469 e. The smallest absolute Gasteiger partial charge is 0.194 e. The van der Waals surface area contributed by atoms with Gasteiger partial charge in [-0.3, -0.25) is 4.99 Å². The van der Waals surface area contributed by atoms with Gasteiger partial charge in [-0.2, -0.15) is 0 Å². The first-order valence-electron chi connectivity index (χ1n) is 8.23. The van der Waals surface area contributed by atoms with Crippen molar-refractivity contribution in [3.05, 3.63) is 24.2 Å². The molecule has 5 nitrogen and oxygen atoms in total. The molecule has 0 spiro atoms. The number of piperidine rings is 1. The molecule has 1 N–H and O–H groups in total. The zero-order chi connectivity index (χ0) is 15.8. The Morgan fingerprint density at radius 2 is 2.13 bits per heavy atom. The van der Waals surface area contributed by atoms with Crippen LogP contribution in [0.1, 0.15) is 26.0 Å². The van der Waals surface area contributed by atoms with Gasteiger partial charge in [0.25, 0.3) is 0 Å². The molecule has 1 aliphatic rings. The molecule has 1 aliphatic heterocycles. The van der Waals surface area contributed by atoms with Crippen LogP contribution in [-0.4, -0.2) is 50.8 Å². The van der Waals surface area contributed by atoms with Crippen LogP contribution in [0.25, 0.3) is 0 Å². The van der Waals surface area contributed by atoms with Crippen LogP contribution in [-0.2, 0) is 11.2 Å². The lowest BCUT2D eigenvalue weighted by atomic mass is 9.92. The summed E-state index contributed by atoms with van der Waals surface area (Å²) in [5.41, 5.74) is 0. The van der Waals surface area contributed by atoms with Crippen molar-refractivity contribution >= 4 is 29.9 Å². The lowest BCUT2D eigenvalue weighted by Crippen LogP contribution is -2.49. The van der Waals surface area contributed by atoms with E-state index < -0.39 is 0 Å². The lowest BCUT2D eigenvalue weighted by molar-refractivity contribution is 0.200. The fourth-order valence-corrected chi connectivity index (χ4v) is 3.10. The second kappa shape index (κ2) is 10.9. The van der Waals surface area contributed by atoms with E-state index in [2.05, 4.69) is 24.1 Å². The number of guanidine groups is 1. The molecule has 2 unspecified atom stereocenters. The summed E-state index contributed by atoms with van der Waals surface area (Å²) in [5, 5.41) is 3.49. The molecular weight excluding hydrogens is 405 g/mol. The molecule has 0 aliphatic carbocycles. The van der Waals surface area contributed by atoms with Gasteiger partial charge >= 0.3 is 0 Å². The van der Waals surface area contributed by atoms with Gasteiger partial charge in [-0.15, -0.1) is 24.0 Å². The SMILES string of the molecule is COCCN=C(NCCc1ccco1)N1CC(C)CC(C)C1.I. The Kier molecular flexibility index (Phi) is 9.62. The van der Waals surface area contributed by atoms with Crippen LogP contribution >= 0.6 is 24.0 Å². The normalized spacial score (nSPS) is 21.9. The summed E-state index contributed by atoms with van der Waals surface area (Å²) in [4.78, 5) is 7.09. The number of rotatable bonds is 6. The molecule has 132 valence electrons. The third-order valence-electron chi connectivity index (χ3n) is 3.96. The Bertz CT molecular complexity index is 441. The number of methoxy groups -OCH3 is 1. The zero-order valence-electron chi connectivity index (χ0n) is 14.5. The average Bonchev–Trinajstić information content (AvgIpc) is 2.98. The fourth-order valence-electron chi connectivity index (χ4n) is 3.10. The van der Waals surface area contributed by atoms with Crippen LogP contribution in [0.4, 0.5) is 0 Å². The maximum atomic E-state index is 5.38. The Morgan fingerprint density at radius 1 is 1.39 bits per heavy atom. The van der Waals surface area contributed by atoms with Crippen molar-refractivity contribution in [2.24, 2.45) is 16.8 Å². The molecule has 0 bridgehead atoms. The van der Waals surface area contributed by atoms with E-state index in [0.717, 1.165) is 37.8 Å². The van der Waals surface area contributed by atoms with E-state index in [1.807, 2.05) is 12.1 Å². The number of likely N-dealkylation sites (tertiary alicyclic amines) is 1. The van der Waals surface area contributed by atoms with E-state index in [0.29, 0.717) is 25.0 Å². The first-order chi connectivity index (χ1) is 10.7. The maximum absolute atomic E-state index is 5.38. The van der Waals surface area contributed by atoms with Crippen LogP contribution in [0.2, 0.25) is 0 Å². The molecule has 1 saturated heterocycles. The Morgan fingerprint density at radius 3 is 2.74 bits per heavy atom. The summed E-state index contributed by atoms with van der Waals surface area (Å²) in [6, 6.07) is 3.94. The summed E-state index contributed by atoms with van der Waals surface area (Å²) in [6.07, 6.45) is 3.89. The van der Waals surface area contributed by atoms with Crippen LogP contribution in [0.15, 0.2) is 27.8 Å². The minimum atomic E-state index is 0. The summed E-state index contributed by atoms with van der Waals surface area (Å²) >= 11 is 0. The molecule has 2 atom stereocenters. The second-order valence-electron chi connectivity index (χ2n) is 6.31. The van der Waals surface area contributed by atoms with Gasteiger partial charge in [-0.05, 0) is 30.4 Å². The van der Waals surface area contributed by atoms with Crippen LogP contribution in [0.3, 0.4) is 0 Å². The molecule has 1 aromatic rings. The standard InChI is InChI=1S/C17H29N3O2.HI/c1-14-11-15(2)13-20(12-14)17(19-8-10-21-3)18-7-6-16-5-4-9-22-16;/h4-5,9,14-15H,6-8,10-13H2,1-3H3,(H,18,19);1H. The number of nitrogens with zero attached hydrogens (tertiary/aromatic N) is 2. The lowest BCUT2D eigenvalue weighted by Gasteiger charge is -2.37. The molecule has 2 rings (SSSR count). The molecule has 2 heterocycles. The first kappa shape index (κ1) is 20.3. The van der Waals surface area contributed by atoms with Gasteiger partial charge in [0.15, 0.2) is 5.96 Å². The Hall–Kier alpha value is -0.760. The largest absolute Gasteiger partial charge is 0.469 e. The summed E-state index contributed by atoms with van der Waals surface area (Å²) < 4.78 is 10.5. The van der Waals surface area contributed by atoms with Crippen molar-refractivity contribution in [3.8, 4) is 0 Å². The zero-order valence-corrected chi connectivity index (χ0v) is 16.8. The molecule has 0 saturated carbocycles. The number of aliphatic imine (C=N–C) groups is 1. The third kappa shape index (κ3) is 7.12. The number of furan rings is 1. The highest BCUT2D eigenvalue weighted by molar-refractivity contribution is 14.0. The molecule has 0 amide bonds. The molecule has 23 heavy (non-hydrogen) atoms. The molecule has 0 radical (unpaired) electrons. The van der Waals surface area contributed by atoms with E-state index in [9.17, 15) is 0 Å². The summed E-state index contributed by atoms with van der Waals surface area (Å²) in [6.45, 7) is 8.96. The molecule has 0 aromatic carbocycles. The molecular formula is C17H30IN3O2. The van der Waals surface area contributed by atoms with Crippen LogP contribution in [0.5, 0.6) is 0 Å². The quantitative estimate of drug-likeness (QED) is 0.323. The van der Waals surface area contributed by atoms with Crippen LogP contribution in [0, 0.1) is 11.8 Å². The van der Waals surface area contributed by atoms with Gasteiger partial charge in [0.05, 0.1) is 19.4 Å². The minimum absolute atomic E-state index is 0. The van der Waals surface area contributed by atoms with Gasteiger partial charge < -0.3 is 19.4 Å². The highest BCUT2D eigenvalue weighted by atomic mass is 127. The van der Waals surface area contributed by atoms with Crippen molar-refractivity contribution in [2.75, 3.05) is 39.9 Å². The summed E-state index contributed by atoms with van der Waals surface area (Å²) in [7, 11) is 1.71. The van der Waals surface area contributed by atoms with Gasteiger partial charge in [-0.1, -0.05) is 13.8 Å². The Labute approximate surface area is 156 Å². The second-order valence-corrected chi connectivity index (χ2v) is 6.31. The highest BCUT2D eigenvalue weighted by Gasteiger charge is 2.24. The number of ether oxygens (including phenoxy) is 1. The number of halogens is 1. The number of hydrogen-bond acceptors (Lipinski definition) is 3. The number of nitrogens with one attached hydrogen (secondary N) is 1. The molecule has 1 aromatic heterocycles. The topological polar surface area (TPSA) is 50.0 Å². The third-order valence-corrected chi connectivity index (χ3v) is 3.96. The van der Waals surface area contributed by atoms with Gasteiger partial charge in [0.2, 0.25) is 0 Å². The van der Waals surface area contributed by atoms with E-state index in [1.165, 1.54) is 6.42 Å². The van der Waals surface area contributed by atoms with Gasteiger partial charge in [0, 0.05) is 33.2 Å². The van der Waals surface area contributed by atoms with Crippen molar-refractivity contribution in [1.29, 1.82) is 0 Å². The van der Waals surface area contributed by atoms with Crippen molar-refractivity contribution < 1.29 is 9.15 Å². The van der Waals surface area contributed by atoms with Crippen molar-refractivity contribution in [1.82, 2.24) is 10.2 Å². The molecule has 1 fully saturated rings. The Balaban J connectivity index is 0.00000264. The summed E-state index contributed by atoms with van der Waals surface area (Å²) in [5.74, 6) is 3.43. The predicted molar refractivity (Wildman–Crippen MR) is 105 cm³/mol.